The number of nitrogens with zero attached hydrogens (tertiary/aromatic N) is 2. The highest BCUT2D eigenvalue weighted by atomic mass is 35.5. The van der Waals surface area contributed by atoms with E-state index < -0.39 is 29.0 Å². The van der Waals surface area contributed by atoms with E-state index in [0.717, 1.165) is 17.7 Å². The minimum Gasteiger partial charge on any atom is -0.338 e. The molecule has 0 bridgehead atoms. The summed E-state index contributed by atoms with van der Waals surface area (Å²) in [7, 11) is 0. The van der Waals surface area contributed by atoms with Crippen molar-refractivity contribution in [2.75, 3.05) is 38.0 Å². The molecule has 2 fully saturated rings. The first-order valence-electron chi connectivity index (χ1n) is 11.0. The Kier molecular flexibility index (Phi) is 6.87. The molecular weight excluding hydrogens is 474 g/mol. The van der Waals surface area contributed by atoms with Crippen LogP contribution in [0.2, 0.25) is 5.02 Å². The van der Waals surface area contributed by atoms with E-state index in [0.29, 0.717) is 55.9 Å². The first-order chi connectivity index (χ1) is 16.0. The third kappa shape index (κ3) is 5.20. The molecule has 2 unspecified atom stereocenters. The second-order valence-electron chi connectivity index (χ2n) is 8.92. The Balaban J connectivity index is 1.28. The largest absolute Gasteiger partial charge is 0.419 e. The zero-order chi connectivity index (χ0) is 24.6. The van der Waals surface area contributed by atoms with Crippen LogP contribution in [0.5, 0.6) is 0 Å². The van der Waals surface area contributed by atoms with E-state index in [1.807, 2.05) is 13.0 Å². The van der Waals surface area contributed by atoms with E-state index in [1.54, 1.807) is 12.1 Å². The standard InChI is InChI=1S/C24H24ClF4N3O2/c1-14-5-6-17(9-20(14)25)30-21(33)7-8-31-10-15-12-32(13-16(15)11-31)23(34)18-3-2-4-19(22(18)26)24(27,28)29/h2-6,9,15-16H,7-8,10-13H2,1H3,(H,30,33). The van der Waals surface area contributed by atoms with Gasteiger partial charge in [0.15, 0.2) is 0 Å². The average Bonchev–Trinajstić information content (AvgIpc) is 3.33. The second-order valence-corrected chi connectivity index (χ2v) is 9.32. The zero-order valence-electron chi connectivity index (χ0n) is 18.5. The lowest BCUT2D eigenvalue weighted by molar-refractivity contribution is -0.140. The first kappa shape index (κ1) is 24.5. The Morgan fingerprint density at radius 2 is 1.76 bits per heavy atom. The van der Waals surface area contributed by atoms with Crippen molar-refractivity contribution < 1.29 is 27.2 Å². The molecule has 1 N–H and O–H groups in total. The molecule has 34 heavy (non-hydrogen) atoms. The van der Waals surface area contributed by atoms with Crippen molar-refractivity contribution in [2.45, 2.75) is 19.5 Å². The van der Waals surface area contributed by atoms with E-state index in [2.05, 4.69) is 10.2 Å². The fraction of sp³-hybridized carbons (Fsp3) is 0.417. The van der Waals surface area contributed by atoms with Crippen LogP contribution >= 0.6 is 11.6 Å². The summed E-state index contributed by atoms with van der Waals surface area (Å²) in [6, 6.07) is 8.09. The van der Waals surface area contributed by atoms with Crippen molar-refractivity contribution in [2.24, 2.45) is 11.8 Å². The topological polar surface area (TPSA) is 52.7 Å². The molecule has 182 valence electrons. The van der Waals surface area contributed by atoms with Crippen molar-refractivity contribution in [3.05, 3.63) is 63.9 Å². The monoisotopic (exact) mass is 497 g/mol. The molecule has 2 aliphatic rings. The smallest absolute Gasteiger partial charge is 0.338 e. The second kappa shape index (κ2) is 9.54. The Bertz CT molecular complexity index is 1090. The fourth-order valence-corrected chi connectivity index (χ4v) is 4.86. The first-order valence-corrected chi connectivity index (χ1v) is 11.3. The molecule has 0 spiro atoms. The molecule has 2 amide bonds. The Morgan fingerprint density at radius 1 is 1.09 bits per heavy atom. The summed E-state index contributed by atoms with van der Waals surface area (Å²) in [6.45, 7) is 4.47. The van der Waals surface area contributed by atoms with Crippen LogP contribution in [0.4, 0.5) is 23.2 Å². The summed E-state index contributed by atoms with van der Waals surface area (Å²) in [6.07, 6.45) is -4.57. The molecule has 10 heteroatoms. The summed E-state index contributed by atoms with van der Waals surface area (Å²) in [5.74, 6) is -2.11. The van der Waals surface area contributed by atoms with Gasteiger partial charge < -0.3 is 15.1 Å². The average molecular weight is 498 g/mol. The van der Waals surface area contributed by atoms with Crippen LogP contribution in [0.1, 0.15) is 27.9 Å². The molecule has 0 aromatic heterocycles. The predicted octanol–water partition coefficient (Wildman–Crippen LogP) is 4.84. The summed E-state index contributed by atoms with van der Waals surface area (Å²) >= 11 is 6.08. The van der Waals surface area contributed by atoms with Gasteiger partial charge in [0.2, 0.25) is 5.91 Å². The van der Waals surface area contributed by atoms with Gasteiger partial charge in [-0.1, -0.05) is 23.7 Å². The van der Waals surface area contributed by atoms with E-state index in [9.17, 15) is 27.2 Å². The van der Waals surface area contributed by atoms with Gasteiger partial charge in [0, 0.05) is 49.9 Å². The van der Waals surface area contributed by atoms with E-state index >= 15 is 0 Å². The number of alkyl halides is 3. The van der Waals surface area contributed by atoms with Crippen LogP contribution in [0.15, 0.2) is 36.4 Å². The van der Waals surface area contributed by atoms with Crippen molar-refractivity contribution in [1.82, 2.24) is 9.80 Å². The fourth-order valence-electron chi connectivity index (χ4n) is 4.68. The molecule has 0 aliphatic carbocycles. The molecule has 2 saturated heterocycles. The Labute approximate surface area is 199 Å². The number of fused-ring (bicyclic) bond motifs is 1. The van der Waals surface area contributed by atoms with Gasteiger partial charge in [0.25, 0.3) is 5.91 Å². The number of rotatable bonds is 5. The Hall–Kier alpha value is -2.65. The van der Waals surface area contributed by atoms with E-state index in [1.165, 1.54) is 4.90 Å². The van der Waals surface area contributed by atoms with Gasteiger partial charge in [-0.05, 0) is 48.6 Å². The highest BCUT2D eigenvalue weighted by molar-refractivity contribution is 6.31. The molecule has 0 radical (unpaired) electrons. The maximum atomic E-state index is 14.4. The van der Waals surface area contributed by atoms with Crippen LogP contribution in [0.25, 0.3) is 0 Å². The molecule has 2 aromatic carbocycles. The van der Waals surface area contributed by atoms with Gasteiger partial charge in [0.1, 0.15) is 5.82 Å². The zero-order valence-corrected chi connectivity index (χ0v) is 19.2. The number of benzene rings is 2. The molecule has 5 nitrogen and oxygen atoms in total. The minimum atomic E-state index is -4.86. The van der Waals surface area contributed by atoms with Crippen molar-refractivity contribution in [3.63, 3.8) is 0 Å². The summed E-state index contributed by atoms with van der Waals surface area (Å²) in [5.41, 5.74) is -0.434. The van der Waals surface area contributed by atoms with Crippen LogP contribution in [0, 0.1) is 24.6 Å². The van der Waals surface area contributed by atoms with Crippen molar-refractivity contribution in [1.29, 1.82) is 0 Å². The Morgan fingerprint density at radius 3 is 2.38 bits per heavy atom. The van der Waals surface area contributed by atoms with E-state index in [4.69, 9.17) is 11.6 Å². The van der Waals surface area contributed by atoms with Gasteiger partial charge in [-0.2, -0.15) is 13.2 Å². The molecule has 2 heterocycles. The molecular formula is C24H24ClF4N3O2. The third-order valence-corrected chi connectivity index (χ3v) is 6.90. The lowest BCUT2D eigenvalue weighted by atomic mass is 10.0. The van der Waals surface area contributed by atoms with Crippen molar-refractivity contribution in [3.8, 4) is 0 Å². The van der Waals surface area contributed by atoms with Crippen LogP contribution < -0.4 is 5.32 Å². The number of halogens is 5. The van der Waals surface area contributed by atoms with Gasteiger partial charge >= 0.3 is 6.18 Å². The number of nitrogens with one attached hydrogen (secondary N) is 1. The van der Waals surface area contributed by atoms with Crippen LogP contribution in [-0.2, 0) is 11.0 Å². The SMILES string of the molecule is Cc1ccc(NC(=O)CCN2CC3CN(C(=O)c4cccc(C(F)(F)F)c4F)CC3C2)cc1Cl. The van der Waals surface area contributed by atoms with E-state index in [-0.39, 0.29) is 17.7 Å². The minimum absolute atomic E-state index is 0.131. The highest BCUT2D eigenvalue weighted by Crippen LogP contribution is 2.35. The number of hydrogen-bond donors (Lipinski definition) is 1. The predicted molar refractivity (Wildman–Crippen MR) is 120 cm³/mol. The number of hydrogen-bond acceptors (Lipinski definition) is 3. The maximum Gasteiger partial charge on any atom is 0.419 e. The molecule has 2 atom stereocenters. The maximum absolute atomic E-state index is 14.4. The summed E-state index contributed by atoms with van der Waals surface area (Å²) in [4.78, 5) is 28.6. The number of carbonyl (C=O) groups excluding carboxylic acids is 2. The molecule has 2 aliphatic heterocycles. The van der Waals surface area contributed by atoms with Gasteiger partial charge in [-0.3, -0.25) is 9.59 Å². The van der Waals surface area contributed by atoms with Crippen molar-refractivity contribution >= 4 is 29.1 Å². The van der Waals surface area contributed by atoms with Crippen LogP contribution in [0.3, 0.4) is 0 Å². The normalized spacial score (nSPS) is 20.5. The van der Waals surface area contributed by atoms with Gasteiger partial charge in [-0.25, -0.2) is 4.39 Å². The van der Waals surface area contributed by atoms with Crippen LogP contribution in [-0.4, -0.2) is 54.3 Å². The highest BCUT2D eigenvalue weighted by Gasteiger charge is 2.43. The summed E-state index contributed by atoms with van der Waals surface area (Å²) < 4.78 is 53.3. The number of likely N-dealkylation sites (tertiary alicyclic amines) is 2. The quantitative estimate of drug-likeness (QED) is 0.602. The lowest BCUT2D eigenvalue weighted by Gasteiger charge is -2.22. The number of aryl methyl sites for hydroxylation is 1. The van der Waals surface area contributed by atoms with Gasteiger partial charge in [-0.15, -0.1) is 0 Å². The lowest BCUT2D eigenvalue weighted by Crippen LogP contribution is -2.34. The molecule has 4 rings (SSSR count). The number of carbonyl (C=O) groups is 2. The molecule has 2 aromatic rings. The number of amides is 2. The van der Waals surface area contributed by atoms with Gasteiger partial charge in [0.05, 0.1) is 11.1 Å². The number of anilines is 1. The summed E-state index contributed by atoms with van der Waals surface area (Å²) in [5, 5.41) is 3.40. The molecule has 0 saturated carbocycles. The third-order valence-electron chi connectivity index (χ3n) is 6.49.